The van der Waals surface area contributed by atoms with Gasteiger partial charge in [-0.25, -0.2) is 13.6 Å². The van der Waals surface area contributed by atoms with E-state index in [2.05, 4.69) is 16.0 Å². The maximum absolute atomic E-state index is 15.6. The van der Waals surface area contributed by atoms with Crippen molar-refractivity contribution in [3.05, 3.63) is 76.5 Å². The molecule has 0 bridgehead atoms. The van der Waals surface area contributed by atoms with Gasteiger partial charge >= 0.3 is 5.97 Å². The smallest absolute Gasteiger partial charge is 0.328 e. The number of rotatable bonds is 4. The van der Waals surface area contributed by atoms with Gasteiger partial charge in [-0.15, -0.1) is 0 Å². The molecule has 1 spiro atoms. The van der Waals surface area contributed by atoms with Crippen LogP contribution < -0.4 is 0 Å². The average molecular weight is 450 g/mol. The van der Waals surface area contributed by atoms with Crippen molar-refractivity contribution in [1.82, 2.24) is 9.88 Å². The monoisotopic (exact) mass is 450 g/mol. The number of benzene rings is 2. The lowest BCUT2D eigenvalue weighted by molar-refractivity contribution is -0.131. The molecule has 3 aliphatic rings. The van der Waals surface area contributed by atoms with Crippen LogP contribution in [0.3, 0.4) is 0 Å². The molecule has 1 aliphatic carbocycles. The molecule has 1 saturated carbocycles. The Labute approximate surface area is 189 Å². The summed E-state index contributed by atoms with van der Waals surface area (Å²) in [6, 6.07) is 9.94. The van der Waals surface area contributed by atoms with Crippen molar-refractivity contribution in [2.45, 2.75) is 43.3 Å². The maximum Gasteiger partial charge on any atom is 0.328 e. The first-order valence-electron chi connectivity index (χ1n) is 11.3. The number of aliphatic carboxylic acids is 1. The molecular weight excluding hydrogens is 426 g/mol. The number of carbonyl (C=O) groups is 1. The number of carboxylic acids is 1. The van der Waals surface area contributed by atoms with Crippen LogP contribution in [0, 0.1) is 11.6 Å². The number of nitrogens with one attached hydrogen (secondary N) is 1. The van der Waals surface area contributed by atoms with Gasteiger partial charge in [0.15, 0.2) is 0 Å². The second-order valence-corrected chi connectivity index (χ2v) is 9.36. The van der Waals surface area contributed by atoms with Gasteiger partial charge in [-0.05, 0) is 61.1 Å². The van der Waals surface area contributed by atoms with Gasteiger partial charge in [0, 0.05) is 46.4 Å². The number of hydrogen-bond acceptors (Lipinski definition) is 3. The predicted octanol–water partition coefficient (Wildman–Crippen LogP) is 4.81. The van der Waals surface area contributed by atoms with E-state index in [-0.39, 0.29) is 22.7 Å². The molecule has 33 heavy (non-hydrogen) atoms. The summed E-state index contributed by atoms with van der Waals surface area (Å²) in [6.45, 7) is 1.20. The van der Waals surface area contributed by atoms with Crippen molar-refractivity contribution in [1.29, 1.82) is 0 Å². The lowest BCUT2D eigenvalue weighted by Crippen LogP contribution is -2.52. The summed E-state index contributed by atoms with van der Waals surface area (Å²) in [4.78, 5) is 16.6. The highest BCUT2D eigenvalue weighted by Crippen LogP contribution is 2.57. The number of halogens is 2. The highest BCUT2D eigenvalue weighted by molar-refractivity contribution is 5.86. The Hall–Kier alpha value is -3.03. The van der Waals surface area contributed by atoms with Crippen LogP contribution in [0.2, 0.25) is 0 Å². The van der Waals surface area contributed by atoms with Crippen LogP contribution in [0.1, 0.15) is 47.7 Å². The summed E-state index contributed by atoms with van der Waals surface area (Å²) in [7, 11) is 0. The third kappa shape index (κ3) is 3.30. The van der Waals surface area contributed by atoms with Gasteiger partial charge in [-0.3, -0.25) is 4.90 Å². The molecule has 170 valence electrons. The standard InChI is InChI=1S/C26H24F2N2O3/c27-19-11-15(5-6-22(31)32)12-20(28)23(19)25-24-18(17-3-1-2-4-21(17)29-24)13-26(8-9-26)30(25)16-7-10-33-14-16/h1-6,11-12,16,25,29H,7-10,13-14H2,(H,31,32). The second-order valence-electron chi connectivity index (χ2n) is 9.36. The van der Waals surface area contributed by atoms with Gasteiger partial charge < -0.3 is 14.8 Å². The Morgan fingerprint density at radius 3 is 2.64 bits per heavy atom. The van der Waals surface area contributed by atoms with Crippen LogP contribution in [0.25, 0.3) is 17.0 Å². The highest BCUT2D eigenvalue weighted by Gasteiger charge is 2.58. The predicted molar refractivity (Wildman–Crippen MR) is 120 cm³/mol. The number of hydrogen-bond donors (Lipinski definition) is 2. The number of ether oxygens (including phenoxy) is 1. The van der Waals surface area contributed by atoms with Gasteiger partial charge in [-0.1, -0.05) is 18.2 Å². The van der Waals surface area contributed by atoms with E-state index in [0.717, 1.165) is 53.9 Å². The minimum absolute atomic E-state index is 0.00755. The van der Waals surface area contributed by atoms with E-state index in [1.54, 1.807) is 0 Å². The molecule has 2 atom stereocenters. The lowest BCUT2D eigenvalue weighted by atomic mass is 9.84. The van der Waals surface area contributed by atoms with Gasteiger partial charge in [0.2, 0.25) is 0 Å². The maximum atomic E-state index is 15.6. The van der Waals surface area contributed by atoms with Crippen molar-refractivity contribution >= 4 is 22.9 Å². The largest absolute Gasteiger partial charge is 0.478 e. The Morgan fingerprint density at radius 2 is 1.97 bits per heavy atom. The molecule has 2 aliphatic heterocycles. The van der Waals surface area contributed by atoms with Crippen molar-refractivity contribution in [3.63, 3.8) is 0 Å². The van der Waals surface area contributed by atoms with E-state index >= 15 is 8.78 Å². The van der Waals surface area contributed by atoms with Gasteiger partial charge in [0.25, 0.3) is 0 Å². The normalized spacial score (nSPS) is 24.1. The zero-order valence-corrected chi connectivity index (χ0v) is 18.0. The van der Waals surface area contributed by atoms with Crippen LogP contribution in [-0.4, -0.2) is 45.8 Å². The first-order chi connectivity index (χ1) is 16.0. The molecule has 0 amide bonds. The van der Waals surface area contributed by atoms with E-state index in [0.29, 0.717) is 13.2 Å². The van der Waals surface area contributed by atoms with Gasteiger partial charge in [0.05, 0.1) is 12.6 Å². The van der Waals surface area contributed by atoms with Crippen LogP contribution in [0.4, 0.5) is 8.78 Å². The Bertz CT molecular complexity index is 1260. The molecule has 5 nitrogen and oxygen atoms in total. The van der Waals surface area contributed by atoms with Crippen molar-refractivity contribution in [3.8, 4) is 0 Å². The van der Waals surface area contributed by atoms with Crippen molar-refractivity contribution in [2.24, 2.45) is 0 Å². The summed E-state index contributed by atoms with van der Waals surface area (Å²) in [5.74, 6) is -2.51. The number of H-pyrrole nitrogens is 1. The fourth-order valence-corrected chi connectivity index (χ4v) is 5.81. The molecule has 6 rings (SSSR count). The summed E-state index contributed by atoms with van der Waals surface area (Å²) in [6.07, 6.45) is 5.74. The van der Waals surface area contributed by atoms with Crippen molar-refractivity contribution in [2.75, 3.05) is 13.2 Å². The molecule has 2 aromatic carbocycles. The van der Waals surface area contributed by atoms with E-state index in [9.17, 15) is 4.79 Å². The van der Waals surface area contributed by atoms with Gasteiger partial charge in [0.1, 0.15) is 11.6 Å². The summed E-state index contributed by atoms with van der Waals surface area (Å²) < 4.78 is 36.9. The topological polar surface area (TPSA) is 65.6 Å². The summed E-state index contributed by atoms with van der Waals surface area (Å²) in [5.41, 5.74) is 3.01. The molecule has 1 aromatic heterocycles. The van der Waals surface area contributed by atoms with Crippen LogP contribution >= 0.6 is 0 Å². The van der Waals surface area contributed by atoms with E-state index < -0.39 is 23.6 Å². The van der Waals surface area contributed by atoms with E-state index in [1.165, 1.54) is 18.2 Å². The summed E-state index contributed by atoms with van der Waals surface area (Å²) in [5, 5.41) is 9.98. The highest BCUT2D eigenvalue weighted by atomic mass is 19.1. The molecule has 1 saturated heterocycles. The van der Waals surface area contributed by atoms with Crippen molar-refractivity contribution < 1.29 is 23.4 Å². The zero-order valence-electron chi connectivity index (χ0n) is 18.0. The third-order valence-electron chi connectivity index (χ3n) is 7.37. The Balaban J connectivity index is 1.56. The molecule has 7 heteroatoms. The molecule has 3 heterocycles. The number of para-hydroxylation sites is 1. The average Bonchev–Trinajstić information content (AvgIpc) is 3.18. The van der Waals surface area contributed by atoms with E-state index in [1.807, 2.05) is 18.2 Å². The molecule has 2 N–H and O–H groups in total. The number of fused-ring (bicyclic) bond motifs is 3. The number of carboxylic acid groups (broad SMARTS) is 1. The number of aromatic amines is 1. The first-order valence-corrected chi connectivity index (χ1v) is 11.3. The number of aromatic nitrogens is 1. The SMILES string of the molecule is O=C(O)C=Cc1cc(F)c(C2c3[nH]c4ccccc4c3CC3(CC3)N2C2CCOC2)c(F)c1. The third-order valence-corrected chi connectivity index (χ3v) is 7.37. The minimum Gasteiger partial charge on any atom is -0.478 e. The quantitative estimate of drug-likeness (QED) is 0.560. The Morgan fingerprint density at radius 1 is 1.21 bits per heavy atom. The second kappa shape index (κ2) is 7.50. The first kappa shape index (κ1) is 20.6. The van der Waals surface area contributed by atoms with Crippen LogP contribution in [0.15, 0.2) is 42.5 Å². The Kier molecular flexibility index (Phi) is 4.67. The van der Waals surface area contributed by atoms with Crippen LogP contribution in [0.5, 0.6) is 0 Å². The molecule has 3 aromatic rings. The summed E-state index contributed by atoms with van der Waals surface area (Å²) >= 11 is 0. The van der Waals surface area contributed by atoms with Crippen LogP contribution in [-0.2, 0) is 16.0 Å². The fraction of sp³-hybridized carbons (Fsp3) is 0.346. The van der Waals surface area contributed by atoms with E-state index in [4.69, 9.17) is 9.84 Å². The lowest BCUT2D eigenvalue weighted by Gasteiger charge is -2.46. The molecule has 2 fully saturated rings. The molecule has 2 unspecified atom stereocenters. The zero-order chi connectivity index (χ0) is 22.7. The minimum atomic E-state index is -1.17. The number of nitrogens with zero attached hydrogens (tertiary/aromatic N) is 1. The molecule has 0 radical (unpaired) electrons. The van der Waals surface area contributed by atoms with Gasteiger partial charge in [-0.2, -0.15) is 0 Å². The fourth-order valence-electron chi connectivity index (χ4n) is 5.81. The molecular formula is C26H24F2N2O3.